The molecule has 0 bridgehead atoms. The molecule has 4 rings (SSSR count). The molecule has 0 N–H and O–H groups in total. The summed E-state index contributed by atoms with van der Waals surface area (Å²) in [7, 11) is 0. The molecule has 0 spiro atoms. The summed E-state index contributed by atoms with van der Waals surface area (Å²) in [5.41, 5.74) is 1.88. The van der Waals surface area contributed by atoms with Crippen LogP contribution in [0.3, 0.4) is 0 Å². The first-order valence-electron chi connectivity index (χ1n) is 8.50. The standard InChI is InChI=1S/C19H17NO7/c21-19(15-5-12-3-1-2-4-17(12)25-10-15)26-9-14-7-16(20(22)23)6-13-8-24-11-27-18(13)14/h1-4,6-7,15H,5,8-11H2/t15-/m0/s1. The number of carbonyl (C=O) groups excluding carboxylic acids is 1. The van der Waals surface area contributed by atoms with Crippen LogP contribution in [0.2, 0.25) is 0 Å². The van der Waals surface area contributed by atoms with Crippen LogP contribution >= 0.6 is 0 Å². The second kappa shape index (κ2) is 7.24. The van der Waals surface area contributed by atoms with Gasteiger partial charge in [-0.3, -0.25) is 14.9 Å². The SMILES string of the molecule is O=C(OCc1cc([N+](=O)[O-])cc2c1OCOC2)[C@@H]1COc2ccccc2C1. The first-order chi connectivity index (χ1) is 13.1. The minimum atomic E-state index is -0.494. The van der Waals surface area contributed by atoms with Crippen LogP contribution in [0.5, 0.6) is 11.5 Å². The van der Waals surface area contributed by atoms with E-state index < -0.39 is 16.8 Å². The number of benzene rings is 2. The van der Waals surface area contributed by atoms with Gasteiger partial charge in [0.05, 0.1) is 17.4 Å². The van der Waals surface area contributed by atoms with E-state index in [0.717, 1.165) is 11.3 Å². The molecule has 0 saturated heterocycles. The van der Waals surface area contributed by atoms with Gasteiger partial charge in [0.1, 0.15) is 24.7 Å². The fourth-order valence-electron chi connectivity index (χ4n) is 3.24. The average Bonchev–Trinajstić information content (AvgIpc) is 2.71. The molecule has 1 atom stereocenters. The van der Waals surface area contributed by atoms with E-state index in [0.29, 0.717) is 23.3 Å². The highest BCUT2D eigenvalue weighted by molar-refractivity contribution is 5.73. The first-order valence-corrected chi connectivity index (χ1v) is 8.50. The first kappa shape index (κ1) is 17.3. The highest BCUT2D eigenvalue weighted by Crippen LogP contribution is 2.33. The van der Waals surface area contributed by atoms with Gasteiger partial charge in [-0.15, -0.1) is 0 Å². The smallest absolute Gasteiger partial charge is 0.313 e. The van der Waals surface area contributed by atoms with Crippen LogP contribution in [0.1, 0.15) is 16.7 Å². The van der Waals surface area contributed by atoms with Crippen molar-refractivity contribution in [2.24, 2.45) is 5.92 Å². The quantitative estimate of drug-likeness (QED) is 0.463. The molecular formula is C19H17NO7. The van der Waals surface area contributed by atoms with Gasteiger partial charge < -0.3 is 18.9 Å². The molecule has 27 heavy (non-hydrogen) atoms. The van der Waals surface area contributed by atoms with E-state index in [4.69, 9.17) is 18.9 Å². The Morgan fingerprint density at radius 2 is 2.07 bits per heavy atom. The van der Waals surface area contributed by atoms with Crippen molar-refractivity contribution >= 4 is 11.7 Å². The maximum atomic E-state index is 12.5. The molecule has 2 aromatic rings. The summed E-state index contributed by atoms with van der Waals surface area (Å²) < 4.78 is 21.7. The van der Waals surface area contributed by atoms with Gasteiger partial charge in [0.15, 0.2) is 6.79 Å². The summed E-state index contributed by atoms with van der Waals surface area (Å²) in [5, 5.41) is 11.1. The zero-order valence-corrected chi connectivity index (χ0v) is 14.4. The van der Waals surface area contributed by atoms with Crippen molar-refractivity contribution in [1.29, 1.82) is 0 Å². The van der Waals surface area contributed by atoms with Crippen molar-refractivity contribution in [3.05, 3.63) is 63.2 Å². The Hall–Kier alpha value is -3.13. The summed E-state index contributed by atoms with van der Waals surface area (Å²) in [6, 6.07) is 10.3. The topological polar surface area (TPSA) is 97.1 Å². The Kier molecular flexibility index (Phi) is 4.64. The minimum Gasteiger partial charge on any atom is -0.492 e. The Balaban J connectivity index is 1.48. The lowest BCUT2D eigenvalue weighted by Gasteiger charge is -2.24. The molecule has 2 aromatic carbocycles. The van der Waals surface area contributed by atoms with E-state index in [1.807, 2.05) is 24.3 Å². The second-order valence-corrected chi connectivity index (χ2v) is 6.39. The van der Waals surface area contributed by atoms with Crippen molar-refractivity contribution in [3.8, 4) is 11.5 Å². The molecule has 8 nitrogen and oxygen atoms in total. The molecule has 2 aliphatic rings. The third-order valence-corrected chi connectivity index (χ3v) is 4.56. The highest BCUT2D eigenvalue weighted by atomic mass is 16.7. The molecule has 0 saturated carbocycles. The average molecular weight is 371 g/mol. The summed E-state index contributed by atoms with van der Waals surface area (Å²) >= 11 is 0. The number of non-ortho nitro benzene ring substituents is 1. The summed E-state index contributed by atoms with van der Waals surface area (Å²) in [5.74, 6) is 0.433. The van der Waals surface area contributed by atoms with E-state index in [2.05, 4.69) is 0 Å². The Labute approximate surface area is 154 Å². The van der Waals surface area contributed by atoms with Crippen LogP contribution in [0, 0.1) is 16.0 Å². The van der Waals surface area contributed by atoms with Crippen LogP contribution < -0.4 is 9.47 Å². The summed E-state index contributed by atoms with van der Waals surface area (Å²) in [6.07, 6.45) is 0.534. The van der Waals surface area contributed by atoms with E-state index in [1.54, 1.807) is 0 Å². The third kappa shape index (κ3) is 3.56. The molecule has 2 aliphatic heterocycles. The molecule has 0 aliphatic carbocycles. The zero-order valence-electron chi connectivity index (χ0n) is 14.4. The second-order valence-electron chi connectivity index (χ2n) is 6.39. The number of ether oxygens (including phenoxy) is 4. The van der Waals surface area contributed by atoms with Crippen LogP contribution in [-0.4, -0.2) is 24.3 Å². The summed E-state index contributed by atoms with van der Waals surface area (Å²) in [4.78, 5) is 23.1. The number of nitro groups is 1. The number of nitro benzene ring substituents is 1. The van der Waals surface area contributed by atoms with Crippen molar-refractivity contribution in [2.45, 2.75) is 19.6 Å². The van der Waals surface area contributed by atoms with E-state index in [1.165, 1.54) is 12.1 Å². The Morgan fingerprint density at radius 1 is 1.22 bits per heavy atom. The van der Waals surface area contributed by atoms with Gasteiger partial charge in [-0.2, -0.15) is 0 Å². The molecule has 140 valence electrons. The lowest BCUT2D eigenvalue weighted by atomic mass is 9.97. The van der Waals surface area contributed by atoms with Gasteiger partial charge >= 0.3 is 5.97 Å². The minimum absolute atomic E-state index is 0.0546. The maximum absolute atomic E-state index is 12.5. The number of rotatable bonds is 4. The number of nitrogens with zero attached hydrogens (tertiary/aromatic N) is 1. The molecule has 0 aromatic heterocycles. The van der Waals surface area contributed by atoms with Crippen LogP contribution in [-0.2, 0) is 33.9 Å². The monoisotopic (exact) mass is 371 g/mol. The van der Waals surface area contributed by atoms with Crippen LogP contribution in [0.4, 0.5) is 5.69 Å². The predicted molar refractivity (Wildman–Crippen MR) is 92.3 cm³/mol. The number of carbonyl (C=O) groups is 1. The van der Waals surface area contributed by atoms with Crippen molar-refractivity contribution in [1.82, 2.24) is 0 Å². The molecule has 0 radical (unpaired) electrons. The Morgan fingerprint density at radius 3 is 2.93 bits per heavy atom. The van der Waals surface area contributed by atoms with Gasteiger partial charge in [-0.05, 0) is 18.1 Å². The van der Waals surface area contributed by atoms with Crippen molar-refractivity contribution in [3.63, 3.8) is 0 Å². The largest absolute Gasteiger partial charge is 0.492 e. The molecule has 8 heteroatoms. The van der Waals surface area contributed by atoms with Gasteiger partial charge in [0.25, 0.3) is 5.69 Å². The van der Waals surface area contributed by atoms with E-state index in [-0.39, 0.29) is 32.3 Å². The number of fused-ring (bicyclic) bond motifs is 2. The van der Waals surface area contributed by atoms with Crippen molar-refractivity contribution < 1.29 is 28.7 Å². The zero-order chi connectivity index (χ0) is 18.8. The van der Waals surface area contributed by atoms with E-state index >= 15 is 0 Å². The number of hydrogen-bond acceptors (Lipinski definition) is 7. The van der Waals surface area contributed by atoms with Gasteiger partial charge in [0, 0.05) is 23.3 Å². The lowest BCUT2D eigenvalue weighted by molar-refractivity contribution is -0.385. The molecule has 0 fully saturated rings. The van der Waals surface area contributed by atoms with Crippen molar-refractivity contribution in [2.75, 3.05) is 13.4 Å². The van der Waals surface area contributed by atoms with E-state index in [9.17, 15) is 14.9 Å². The third-order valence-electron chi connectivity index (χ3n) is 4.56. The molecule has 2 heterocycles. The van der Waals surface area contributed by atoms with Gasteiger partial charge in [0.2, 0.25) is 0 Å². The van der Waals surface area contributed by atoms with Gasteiger partial charge in [-0.25, -0.2) is 0 Å². The Bertz CT molecular complexity index is 896. The molecule has 0 amide bonds. The van der Waals surface area contributed by atoms with Gasteiger partial charge in [-0.1, -0.05) is 18.2 Å². The number of hydrogen-bond donors (Lipinski definition) is 0. The maximum Gasteiger partial charge on any atom is 0.313 e. The normalized spacial score (nSPS) is 17.7. The lowest BCUT2D eigenvalue weighted by Crippen LogP contribution is -2.29. The van der Waals surface area contributed by atoms with Crippen LogP contribution in [0.25, 0.3) is 0 Å². The fraction of sp³-hybridized carbons (Fsp3) is 0.316. The number of para-hydroxylation sites is 1. The predicted octanol–water partition coefficient (Wildman–Crippen LogP) is 2.76. The number of esters is 1. The van der Waals surface area contributed by atoms with Crippen LogP contribution in [0.15, 0.2) is 36.4 Å². The molecular weight excluding hydrogens is 354 g/mol. The highest BCUT2D eigenvalue weighted by Gasteiger charge is 2.28. The molecule has 0 unspecified atom stereocenters. The summed E-state index contributed by atoms with van der Waals surface area (Å²) in [6.45, 7) is 0.401. The fourth-order valence-corrected chi connectivity index (χ4v) is 3.24.